The smallest absolute Gasteiger partial charge is 0.0591 e. The summed E-state index contributed by atoms with van der Waals surface area (Å²) in [5, 5.41) is 10.0. The topological polar surface area (TPSA) is 20.2 Å². The van der Waals surface area contributed by atoms with Gasteiger partial charge in [-0.25, -0.2) is 0 Å². The number of hydrogen-bond donors (Lipinski definition) is 1. The van der Waals surface area contributed by atoms with E-state index in [1.165, 1.54) is 68.9 Å². The molecule has 0 aromatic carbocycles. The Balaban J connectivity index is 1.67. The highest BCUT2D eigenvalue weighted by Gasteiger charge is 2.50. The van der Waals surface area contributed by atoms with Crippen LogP contribution in [0, 0.1) is 29.1 Å². The van der Waals surface area contributed by atoms with E-state index in [0.717, 1.165) is 36.5 Å². The Morgan fingerprint density at radius 2 is 1.97 bits per heavy atom. The molecule has 1 N–H and O–H groups in total. The zero-order valence-corrected chi connectivity index (χ0v) is 19.9. The highest BCUT2D eigenvalue weighted by molar-refractivity contribution is 5.35. The van der Waals surface area contributed by atoms with Crippen molar-refractivity contribution >= 4 is 0 Å². The van der Waals surface area contributed by atoms with E-state index < -0.39 is 5.60 Å². The van der Waals surface area contributed by atoms with Gasteiger partial charge in [0, 0.05) is 0 Å². The maximum absolute atomic E-state index is 10.0. The monoisotopic (exact) mass is 398 g/mol. The van der Waals surface area contributed by atoms with Crippen molar-refractivity contribution in [3.05, 3.63) is 35.5 Å². The van der Waals surface area contributed by atoms with Crippen LogP contribution in [0.15, 0.2) is 35.5 Å². The summed E-state index contributed by atoms with van der Waals surface area (Å²) in [6.07, 6.45) is 18.8. The second-order valence-corrected chi connectivity index (χ2v) is 11.7. The summed E-state index contributed by atoms with van der Waals surface area (Å²) in [6, 6.07) is 0. The van der Waals surface area contributed by atoms with Gasteiger partial charge in [0.15, 0.2) is 0 Å². The summed E-state index contributed by atoms with van der Waals surface area (Å²) < 4.78 is 0. The lowest BCUT2D eigenvalue weighted by Crippen LogP contribution is -2.36. The van der Waals surface area contributed by atoms with Crippen molar-refractivity contribution < 1.29 is 5.11 Å². The lowest BCUT2D eigenvalue weighted by atomic mass is 9.60. The predicted molar refractivity (Wildman–Crippen MR) is 126 cm³/mol. The minimum atomic E-state index is -0.517. The van der Waals surface area contributed by atoms with E-state index in [1.54, 1.807) is 5.57 Å². The van der Waals surface area contributed by atoms with Gasteiger partial charge in [-0.3, -0.25) is 0 Å². The molecule has 3 aliphatic carbocycles. The van der Waals surface area contributed by atoms with E-state index in [1.807, 2.05) is 13.8 Å². The molecule has 4 unspecified atom stereocenters. The molecule has 5 atom stereocenters. The van der Waals surface area contributed by atoms with Gasteiger partial charge < -0.3 is 5.11 Å². The van der Waals surface area contributed by atoms with Gasteiger partial charge in [-0.15, -0.1) is 0 Å². The Morgan fingerprint density at radius 1 is 1.21 bits per heavy atom. The average molecular weight is 399 g/mol. The Hall–Kier alpha value is -0.820. The molecule has 0 spiro atoms. The minimum absolute atomic E-state index is 0.481. The molecule has 0 amide bonds. The van der Waals surface area contributed by atoms with Crippen LogP contribution in [0.1, 0.15) is 105 Å². The molecule has 0 bridgehead atoms. The summed E-state index contributed by atoms with van der Waals surface area (Å²) in [6.45, 7) is 15.7. The molecule has 164 valence electrons. The summed E-state index contributed by atoms with van der Waals surface area (Å²) in [7, 11) is 0. The minimum Gasteiger partial charge on any atom is -0.390 e. The molecule has 3 fully saturated rings. The fourth-order valence-electron chi connectivity index (χ4n) is 6.91. The zero-order valence-electron chi connectivity index (χ0n) is 19.9. The highest BCUT2D eigenvalue weighted by atomic mass is 16.3. The van der Waals surface area contributed by atoms with Crippen molar-refractivity contribution in [3.8, 4) is 0 Å². The fraction of sp³-hybridized carbons (Fsp3) is 0.786. The number of allylic oxidation sites excluding steroid dienone is 5. The molecular weight excluding hydrogens is 352 g/mol. The Labute approximate surface area is 180 Å². The van der Waals surface area contributed by atoms with E-state index in [2.05, 4.69) is 39.5 Å². The van der Waals surface area contributed by atoms with Crippen LogP contribution in [-0.4, -0.2) is 10.7 Å². The Kier molecular flexibility index (Phi) is 7.19. The number of rotatable bonds is 6. The van der Waals surface area contributed by atoms with Crippen LogP contribution in [0.2, 0.25) is 0 Å². The molecule has 0 aromatic heterocycles. The van der Waals surface area contributed by atoms with Crippen LogP contribution in [0.5, 0.6) is 0 Å². The highest BCUT2D eigenvalue weighted by Crippen LogP contribution is 2.60. The molecule has 0 aromatic rings. The fourth-order valence-corrected chi connectivity index (χ4v) is 6.91. The molecule has 0 radical (unpaired) electrons. The standard InChI is InChI=1S/C28H46O/c1-20-11-12-23(22(3)19-20)13-14-24-10-8-18-28(6)25(15-16-26(24)28)21(2)9-7-17-27(4,5)29/h13-14,20-21,25-26,29H,3,7-12,15-19H2,1-2,4-6H3/b23-13-,24-14+/t20-,21?,25?,26?,28?/m1/s1. The first-order valence-electron chi connectivity index (χ1n) is 12.4. The lowest BCUT2D eigenvalue weighted by Gasteiger charge is -2.44. The lowest BCUT2D eigenvalue weighted by molar-refractivity contribution is 0.0597. The number of hydrogen-bond acceptors (Lipinski definition) is 1. The largest absolute Gasteiger partial charge is 0.390 e. The molecule has 0 aliphatic heterocycles. The third kappa shape index (κ3) is 5.46. The van der Waals surface area contributed by atoms with E-state index in [0.29, 0.717) is 5.41 Å². The summed E-state index contributed by atoms with van der Waals surface area (Å²) in [5.74, 6) is 3.20. The van der Waals surface area contributed by atoms with Crippen molar-refractivity contribution in [3.63, 3.8) is 0 Å². The van der Waals surface area contributed by atoms with E-state index in [9.17, 15) is 5.11 Å². The maximum Gasteiger partial charge on any atom is 0.0591 e. The van der Waals surface area contributed by atoms with Gasteiger partial charge in [0.1, 0.15) is 0 Å². The van der Waals surface area contributed by atoms with E-state index in [-0.39, 0.29) is 0 Å². The third-order valence-electron chi connectivity index (χ3n) is 8.63. The summed E-state index contributed by atoms with van der Waals surface area (Å²) >= 11 is 0. The first-order valence-corrected chi connectivity index (χ1v) is 12.4. The van der Waals surface area contributed by atoms with Crippen molar-refractivity contribution in [2.24, 2.45) is 29.1 Å². The molecule has 0 heterocycles. The van der Waals surface area contributed by atoms with Gasteiger partial charge in [-0.1, -0.05) is 63.5 Å². The molecule has 1 nitrogen and oxygen atoms in total. The molecule has 3 saturated carbocycles. The van der Waals surface area contributed by atoms with Gasteiger partial charge in [0.2, 0.25) is 0 Å². The van der Waals surface area contributed by atoms with Gasteiger partial charge in [0.05, 0.1) is 5.60 Å². The first kappa shape index (κ1) is 22.9. The van der Waals surface area contributed by atoms with Gasteiger partial charge in [-0.05, 0) is 106 Å². The molecule has 3 rings (SSSR count). The Morgan fingerprint density at radius 3 is 2.66 bits per heavy atom. The third-order valence-corrected chi connectivity index (χ3v) is 8.63. The van der Waals surface area contributed by atoms with Crippen LogP contribution in [0.3, 0.4) is 0 Å². The van der Waals surface area contributed by atoms with Gasteiger partial charge >= 0.3 is 0 Å². The molecular formula is C28H46O. The molecule has 29 heavy (non-hydrogen) atoms. The second-order valence-electron chi connectivity index (χ2n) is 11.7. The van der Waals surface area contributed by atoms with Crippen LogP contribution in [0.4, 0.5) is 0 Å². The average Bonchev–Trinajstić information content (AvgIpc) is 2.97. The molecule has 1 heteroatoms. The first-order chi connectivity index (χ1) is 13.6. The van der Waals surface area contributed by atoms with E-state index in [4.69, 9.17) is 0 Å². The van der Waals surface area contributed by atoms with E-state index >= 15 is 0 Å². The zero-order chi connectivity index (χ0) is 21.2. The summed E-state index contributed by atoms with van der Waals surface area (Å²) in [5.41, 5.74) is 4.58. The van der Waals surface area contributed by atoms with Gasteiger partial charge in [-0.2, -0.15) is 0 Å². The van der Waals surface area contributed by atoms with Crippen molar-refractivity contribution in [1.82, 2.24) is 0 Å². The quantitative estimate of drug-likeness (QED) is 0.480. The van der Waals surface area contributed by atoms with Crippen LogP contribution < -0.4 is 0 Å². The van der Waals surface area contributed by atoms with Gasteiger partial charge in [0.25, 0.3) is 0 Å². The maximum atomic E-state index is 10.0. The van der Waals surface area contributed by atoms with Crippen molar-refractivity contribution in [2.75, 3.05) is 0 Å². The van der Waals surface area contributed by atoms with Crippen LogP contribution in [0.25, 0.3) is 0 Å². The number of fused-ring (bicyclic) bond motifs is 1. The summed E-state index contributed by atoms with van der Waals surface area (Å²) in [4.78, 5) is 0. The van der Waals surface area contributed by atoms with Crippen molar-refractivity contribution in [1.29, 1.82) is 0 Å². The van der Waals surface area contributed by atoms with Crippen molar-refractivity contribution in [2.45, 2.75) is 111 Å². The molecule has 0 saturated heterocycles. The predicted octanol–water partition coefficient (Wildman–Crippen LogP) is 8.01. The molecule has 3 aliphatic rings. The SMILES string of the molecule is C=C1C[C@H](C)CC/C1=C/C=C1\CCCC2(C)C1CCC2C(C)CCCC(C)(C)O. The van der Waals surface area contributed by atoms with Crippen LogP contribution >= 0.6 is 0 Å². The van der Waals surface area contributed by atoms with Crippen LogP contribution in [-0.2, 0) is 0 Å². The Bertz CT molecular complexity index is 646. The normalized spacial score (nSPS) is 37.2. The number of aliphatic hydroxyl groups is 1. The second kappa shape index (κ2) is 9.13.